The van der Waals surface area contributed by atoms with E-state index in [4.69, 9.17) is 14.6 Å². The van der Waals surface area contributed by atoms with Crippen LogP contribution in [0.2, 0.25) is 0 Å². The number of hydrogen-bond acceptors (Lipinski definition) is 4. The van der Waals surface area contributed by atoms with Crippen molar-refractivity contribution >= 4 is 42.3 Å². The number of carbonyl (C=O) groups is 2. The quantitative estimate of drug-likeness (QED) is 0.651. The van der Waals surface area contributed by atoms with E-state index >= 15 is 0 Å². The van der Waals surface area contributed by atoms with E-state index in [0.717, 1.165) is 0 Å². The van der Waals surface area contributed by atoms with Gasteiger partial charge in [0, 0.05) is 29.6 Å². The Balaban J connectivity index is 0. The topological polar surface area (TPSA) is 63.6 Å². The molecule has 0 aliphatic heterocycles. The third-order valence-electron chi connectivity index (χ3n) is 1.65. The molecule has 0 unspecified atom stereocenters. The summed E-state index contributed by atoms with van der Waals surface area (Å²) < 4.78 is 5.01. The number of phenols is 1. The van der Waals surface area contributed by atoms with Crippen molar-refractivity contribution < 1.29 is 19.4 Å². The standard InChI is InChI=1S/C11H14O3.CH2O.Na/c1-8(2)7-14-11(13)9-3-5-10(12)6-4-9;1-2;/h3-6,8,12H,7H2,1-2H3;1H2;. The van der Waals surface area contributed by atoms with Gasteiger partial charge in [-0.15, -0.1) is 0 Å². The van der Waals surface area contributed by atoms with Crippen LogP contribution in [0.4, 0.5) is 0 Å². The minimum atomic E-state index is -0.348. The van der Waals surface area contributed by atoms with Crippen LogP contribution in [-0.4, -0.2) is 54.0 Å². The third kappa shape index (κ3) is 7.96. The maximum absolute atomic E-state index is 11.4. The van der Waals surface area contributed by atoms with Crippen LogP contribution in [0, 0.1) is 5.92 Å². The van der Waals surface area contributed by atoms with Crippen LogP contribution in [0.3, 0.4) is 0 Å². The maximum atomic E-state index is 11.4. The molecule has 89 valence electrons. The first-order valence-corrected chi connectivity index (χ1v) is 4.84. The zero-order valence-electron chi connectivity index (χ0n) is 10.5. The third-order valence-corrected chi connectivity index (χ3v) is 1.65. The van der Waals surface area contributed by atoms with Crippen molar-refractivity contribution in [1.29, 1.82) is 0 Å². The van der Waals surface area contributed by atoms with E-state index in [2.05, 4.69) is 0 Å². The molecule has 5 heteroatoms. The second kappa shape index (κ2) is 10.3. The molecule has 0 heterocycles. The molecule has 0 saturated heterocycles. The molecule has 0 amide bonds. The van der Waals surface area contributed by atoms with Crippen molar-refractivity contribution in [2.45, 2.75) is 13.8 Å². The Morgan fingerprint density at radius 3 is 2.18 bits per heavy atom. The molecule has 0 saturated carbocycles. The van der Waals surface area contributed by atoms with Gasteiger partial charge >= 0.3 is 5.97 Å². The first-order valence-electron chi connectivity index (χ1n) is 4.84. The smallest absolute Gasteiger partial charge is 0.338 e. The first kappa shape index (κ1) is 18.5. The fraction of sp³-hybridized carbons (Fsp3) is 0.333. The van der Waals surface area contributed by atoms with Crippen molar-refractivity contribution in [3.05, 3.63) is 29.8 Å². The van der Waals surface area contributed by atoms with Gasteiger partial charge in [0.2, 0.25) is 0 Å². The Morgan fingerprint density at radius 2 is 1.76 bits per heavy atom. The second-order valence-electron chi connectivity index (χ2n) is 3.54. The fourth-order valence-corrected chi connectivity index (χ4v) is 0.923. The molecule has 1 aromatic carbocycles. The summed E-state index contributed by atoms with van der Waals surface area (Å²) in [5.41, 5.74) is 0.462. The molecule has 1 rings (SSSR count). The van der Waals surface area contributed by atoms with Crippen molar-refractivity contribution in [2.24, 2.45) is 5.92 Å². The number of phenolic OH excluding ortho intramolecular Hbond substituents is 1. The van der Waals surface area contributed by atoms with Gasteiger partial charge in [-0.3, -0.25) is 0 Å². The molecule has 0 spiro atoms. The Morgan fingerprint density at radius 1 is 1.29 bits per heavy atom. The van der Waals surface area contributed by atoms with Crippen LogP contribution in [0.1, 0.15) is 24.2 Å². The number of ether oxygens (including phenoxy) is 1. The Labute approximate surface area is 123 Å². The predicted molar refractivity (Wildman–Crippen MR) is 66.1 cm³/mol. The number of hydrogen-bond donors (Lipinski definition) is 1. The average molecular weight is 247 g/mol. The van der Waals surface area contributed by atoms with E-state index in [0.29, 0.717) is 18.1 Å². The first-order chi connectivity index (χ1) is 7.59. The summed E-state index contributed by atoms with van der Waals surface area (Å²) in [6.45, 7) is 6.37. The second-order valence-corrected chi connectivity index (χ2v) is 3.54. The van der Waals surface area contributed by atoms with Gasteiger partial charge in [-0.2, -0.15) is 0 Å². The molecule has 0 fully saturated rings. The van der Waals surface area contributed by atoms with E-state index in [1.165, 1.54) is 24.3 Å². The minimum Gasteiger partial charge on any atom is -0.508 e. The molecule has 4 nitrogen and oxygen atoms in total. The van der Waals surface area contributed by atoms with Gasteiger partial charge in [0.05, 0.1) is 12.2 Å². The van der Waals surface area contributed by atoms with Gasteiger partial charge < -0.3 is 14.6 Å². The summed E-state index contributed by atoms with van der Waals surface area (Å²) in [5.74, 6) is 0.125. The SMILES string of the molecule is C=O.CC(C)COC(=O)c1ccc(O)cc1.[Na]. The zero-order chi connectivity index (χ0) is 12.6. The fourth-order valence-electron chi connectivity index (χ4n) is 0.923. The van der Waals surface area contributed by atoms with Crippen LogP contribution in [0.25, 0.3) is 0 Å². The van der Waals surface area contributed by atoms with E-state index in [-0.39, 0.29) is 41.3 Å². The molecule has 0 bridgehead atoms. The van der Waals surface area contributed by atoms with Gasteiger partial charge in [-0.1, -0.05) is 13.8 Å². The van der Waals surface area contributed by atoms with Gasteiger partial charge in [0.1, 0.15) is 12.5 Å². The summed E-state index contributed by atoms with van der Waals surface area (Å²) in [7, 11) is 0. The molecule has 1 aromatic rings. The van der Waals surface area contributed by atoms with Crippen LogP contribution < -0.4 is 0 Å². The molecular formula is C12H16NaO4. The van der Waals surface area contributed by atoms with Gasteiger partial charge in [0.25, 0.3) is 0 Å². The number of esters is 1. The van der Waals surface area contributed by atoms with Gasteiger partial charge in [0.15, 0.2) is 0 Å². The molecule has 0 atom stereocenters. The molecular weight excluding hydrogens is 231 g/mol. The minimum absolute atomic E-state index is 0. The van der Waals surface area contributed by atoms with Crippen molar-refractivity contribution in [1.82, 2.24) is 0 Å². The number of carbonyl (C=O) groups excluding carboxylic acids is 2. The molecule has 1 radical (unpaired) electrons. The number of rotatable bonds is 3. The average Bonchev–Trinajstić information content (AvgIpc) is 2.29. The zero-order valence-corrected chi connectivity index (χ0v) is 12.5. The molecule has 0 aromatic heterocycles. The molecule has 0 aliphatic rings. The Kier molecular flexibility index (Phi) is 11.2. The molecule has 0 aliphatic carbocycles. The van der Waals surface area contributed by atoms with E-state index < -0.39 is 0 Å². The normalized spacial score (nSPS) is 8.65. The molecule has 1 N–H and O–H groups in total. The van der Waals surface area contributed by atoms with E-state index in [1.807, 2.05) is 20.6 Å². The largest absolute Gasteiger partial charge is 0.508 e. The van der Waals surface area contributed by atoms with Crippen molar-refractivity contribution in [3.8, 4) is 5.75 Å². The van der Waals surface area contributed by atoms with Crippen molar-refractivity contribution in [3.63, 3.8) is 0 Å². The van der Waals surface area contributed by atoms with Gasteiger partial charge in [-0.05, 0) is 30.2 Å². The van der Waals surface area contributed by atoms with E-state index in [9.17, 15) is 4.79 Å². The summed E-state index contributed by atoms with van der Waals surface area (Å²) in [6, 6.07) is 6.01. The predicted octanol–water partition coefficient (Wildman–Crippen LogP) is 1.64. The number of benzene rings is 1. The van der Waals surface area contributed by atoms with Gasteiger partial charge in [-0.25, -0.2) is 4.79 Å². The van der Waals surface area contributed by atoms with Crippen molar-refractivity contribution in [2.75, 3.05) is 6.61 Å². The monoisotopic (exact) mass is 247 g/mol. The Hall–Kier alpha value is -0.840. The number of aromatic hydroxyl groups is 1. The van der Waals surface area contributed by atoms with Crippen LogP contribution >= 0.6 is 0 Å². The summed E-state index contributed by atoms with van der Waals surface area (Å²) in [4.78, 5) is 19.4. The summed E-state index contributed by atoms with van der Waals surface area (Å²) in [5, 5.41) is 9.00. The van der Waals surface area contributed by atoms with Crippen LogP contribution in [0.5, 0.6) is 5.75 Å². The van der Waals surface area contributed by atoms with Crippen LogP contribution in [0.15, 0.2) is 24.3 Å². The Bertz CT molecular complexity index is 322. The van der Waals surface area contributed by atoms with Crippen LogP contribution in [-0.2, 0) is 9.53 Å². The summed E-state index contributed by atoms with van der Waals surface area (Å²) >= 11 is 0. The van der Waals surface area contributed by atoms with E-state index in [1.54, 1.807) is 0 Å². The maximum Gasteiger partial charge on any atom is 0.338 e. The molecule has 17 heavy (non-hydrogen) atoms. The summed E-state index contributed by atoms with van der Waals surface area (Å²) in [6.07, 6.45) is 0.